The van der Waals surface area contributed by atoms with Crippen LogP contribution < -0.4 is 5.32 Å². The van der Waals surface area contributed by atoms with E-state index in [2.05, 4.69) is 15.3 Å². The third kappa shape index (κ3) is 2.77. The number of anilines is 1. The molecule has 0 fully saturated rings. The largest absolute Gasteiger partial charge is 0.478 e. The van der Waals surface area contributed by atoms with Crippen LogP contribution in [-0.4, -0.2) is 21.0 Å². The number of carboxylic acid groups (broad SMARTS) is 1. The van der Waals surface area contributed by atoms with Crippen LogP contribution in [0.5, 0.6) is 0 Å². The lowest BCUT2D eigenvalue weighted by atomic mass is 10.2. The average Bonchev–Trinajstić information content (AvgIpc) is 2.73. The molecule has 0 aromatic carbocycles. The predicted octanol–water partition coefficient (Wildman–Crippen LogP) is 2.81. The third-order valence-corrected chi connectivity index (χ3v) is 3.43. The van der Waals surface area contributed by atoms with E-state index in [1.807, 2.05) is 12.3 Å². The van der Waals surface area contributed by atoms with E-state index in [0.29, 0.717) is 12.4 Å². The van der Waals surface area contributed by atoms with E-state index in [4.69, 9.17) is 16.7 Å². The molecule has 5 nitrogen and oxygen atoms in total. The maximum atomic E-state index is 10.9. The molecule has 2 heterocycles. The van der Waals surface area contributed by atoms with Crippen LogP contribution in [0.25, 0.3) is 0 Å². The highest BCUT2D eigenvalue weighted by atomic mass is 35.5. The summed E-state index contributed by atoms with van der Waals surface area (Å²) < 4.78 is 0. The van der Waals surface area contributed by atoms with Gasteiger partial charge in [-0.25, -0.2) is 14.8 Å². The zero-order valence-electron chi connectivity index (χ0n) is 9.48. The maximum Gasteiger partial charge on any atom is 0.337 e. The van der Waals surface area contributed by atoms with Gasteiger partial charge in [-0.2, -0.15) is 0 Å². The number of aromatic nitrogens is 2. The molecule has 94 valence electrons. The number of halogens is 1. The van der Waals surface area contributed by atoms with Gasteiger partial charge in [0.1, 0.15) is 5.82 Å². The lowest BCUT2D eigenvalue weighted by molar-refractivity contribution is 0.0697. The van der Waals surface area contributed by atoms with E-state index in [9.17, 15) is 4.79 Å². The number of nitrogens with one attached hydrogen (secondary N) is 1. The summed E-state index contributed by atoms with van der Waals surface area (Å²) in [7, 11) is 0. The van der Waals surface area contributed by atoms with Crippen LogP contribution >= 0.6 is 22.9 Å². The van der Waals surface area contributed by atoms with Crippen molar-refractivity contribution in [2.75, 3.05) is 5.32 Å². The van der Waals surface area contributed by atoms with Gasteiger partial charge in [0.15, 0.2) is 0 Å². The second-order valence-corrected chi connectivity index (χ2v) is 4.98. The van der Waals surface area contributed by atoms with Crippen LogP contribution in [0.3, 0.4) is 0 Å². The number of carbonyl (C=O) groups is 1. The quantitative estimate of drug-likeness (QED) is 0.902. The van der Waals surface area contributed by atoms with Crippen LogP contribution in [0.2, 0.25) is 5.02 Å². The highest BCUT2D eigenvalue weighted by Crippen LogP contribution is 2.24. The Kier molecular flexibility index (Phi) is 3.78. The second-order valence-electron chi connectivity index (χ2n) is 3.54. The summed E-state index contributed by atoms with van der Waals surface area (Å²) in [5.74, 6) is -0.725. The van der Waals surface area contributed by atoms with Gasteiger partial charge in [-0.05, 0) is 13.0 Å². The molecule has 7 heteroatoms. The summed E-state index contributed by atoms with van der Waals surface area (Å²) in [5, 5.41) is 14.9. The standard InChI is InChI=1S/C11H10ClN3O2S/c1-6-15-7(5-18-6)4-14-10-9(12)8(11(16)17)2-3-13-10/h2-3,5H,4H2,1H3,(H,13,14)(H,16,17). The minimum atomic E-state index is -1.07. The average molecular weight is 284 g/mol. The smallest absolute Gasteiger partial charge is 0.337 e. The van der Waals surface area contributed by atoms with Crippen molar-refractivity contribution in [2.24, 2.45) is 0 Å². The third-order valence-electron chi connectivity index (χ3n) is 2.22. The van der Waals surface area contributed by atoms with Gasteiger partial charge in [0.25, 0.3) is 0 Å². The molecular formula is C11H10ClN3O2S. The lowest BCUT2D eigenvalue weighted by Crippen LogP contribution is -2.05. The number of thiazole rings is 1. The van der Waals surface area contributed by atoms with Gasteiger partial charge in [0.2, 0.25) is 0 Å². The van der Waals surface area contributed by atoms with Crippen molar-refractivity contribution in [2.45, 2.75) is 13.5 Å². The lowest BCUT2D eigenvalue weighted by Gasteiger charge is -2.07. The minimum absolute atomic E-state index is 0.0311. The van der Waals surface area contributed by atoms with Crippen molar-refractivity contribution in [3.8, 4) is 0 Å². The number of hydrogen-bond acceptors (Lipinski definition) is 5. The summed E-state index contributed by atoms with van der Waals surface area (Å²) in [6.07, 6.45) is 1.41. The summed E-state index contributed by atoms with van der Waals surface area (Å²) in [6, 6.07) is 1.36. The zero-order chi connectivity index (χ0) is 13.1. The predicted molar refractivity (Wildman–Crippen MR) is 70.4 cm³/mol. The fourth-order valence-corrected chi connectivity index (χ4v) is 2.27. The van der Waals surface area contributed by atoms with Gasteiger partial charge >= 0.3 is 5.97 Å². The Morgan fingerprint density at radius 2 is 2.39 bits per heavy atom. The second kappa shape index (κ2) is 5.32. The number of aryl methyl sites for hydroxylation is 1. The summed E-state index contributed by atoms with van der Waals surface area (Å²) in [5.41, 5.74) is 0.903. The molecular weight excluding hydrogens is 274 g/mol. The molecule has 2 aromatic rings. The molecule has 0 bridgehead atoms. The van der Waals surface area contributed by atoms with E-state index in [1.165, 1.54) is 12.3 Å². The van der Waals surface area contributed by atoms with Gasteiger partial charge in [-0.15, -0.1) is 11.3 Å². The fraction of sp³-hybridized carbons (Fsp3) is 0.182. The monoisotopic (exact) mass is 283 g/mol. The SMILES string of the molecule is Cc1nc(CNc2nccc(C(=O)O)c2Cl)cs1. The first-order chi connectivity index (χ1) is 8.58. The molecule has 0 saturated carbocycles. The van der Waals surface area contributed by atoms with E-state index < -0.39 is 5.97 Å². The van der Waals surface area contributed by atoms with Crippen molar-refractivity contribution in [3.63, 3.8) is 0 Å². The number of rotatable bonds is 4. The fourth-order valence-electron chi connectivity index (χ4n) is 1.40. The topological polar surface area (TPSA) is 75.1 Å². The molecule has 0 aliphatic carbocycles. The molecule has 0 saturated heterocycles. The molecule has 0 aliphatic heterocycles. The highest BCUT2D eigenvalue weighted by molar-refractivity contribution is 7.09. The molecule has 0 aliphatic rings. The Balaban J connectivity index is 2.14. The first-order valence-corrected chi connectivity index (χ1v) is 6.36. The van der Waals surface area contributed by atoms with Crippen molar-refractivity contribution < 1.29 is 9.90 Å². The van der Waals surface area contributed by atoms with Crippen LogP contribution in [0, 0.1) is 6.92 Å². The van der Waals surface area contributed by atoms with Crippen molar-refractivity contribution >= 4 is 34.7 Å². The van der Waals surface area contributed by atoms with Gasteiger partial charge < -0.3 is 10.4 Å². The van der Waals surface area contributed by atoms with Crippen molar-refractivity contribution in [3.05, 3.63) is 38.9 Å². The van der Waals surface area contributed by atoms with Crippen LogP contribution in [0.4, 0.5) is 5.82 Å². The van der Waals surface area contributed by atoms with Gasteiger partial charge in [0, 0.05) is 11.6 Å². The van der Waals surface area contributed by atoms with Crippen LogP contribution in [0.1, 0.15) is 21.1 Å². The number of aromatic carboxylic acids is 1. The highest BCUT2D eigenvalue weighted by Gasteiger charge is 2.13. The zero-order valence-corrected chi connectivity index (χ0v) is 11.0. The minimum Gasteiger partial charge on any atom is -0.478 e. The normalized spacial score (nSPS) is 10.3. The van der Waals surface area contributed by atoms with E-state index in [-0.39, 0.29) is 10.6 Å². The Bertz CT molecular complexity index is 585. The number of nitrogens with zero attached hydrogens (tertiary/aromatic N) is 2. The molecule has 18 heavy (non-hydrogen) atoms. The molecule has 0 spiro atoms. The molecule has 0 amide bonds. The van der Waals surface area contributed by atoms with E-state index >= 15 is 0 Å². The molecule has 2 aromatic heterocycles. The number of pyridine rings is 1. The van der Waals surface area contributed by atoms with Crippen LogP contribution in [-0.2, 0) is 6.54 Å². The van der Waals surface area contributed by atoms with Gasteiger partial charge in [0.05, 0.1) is 27.8 Å². The first kappa shape index (κ1) is 12.8. The molecule has 0 radical (unpaired) electrons. The van der Waals surface area contributed by atoms with E-state index in [1.54, 1.807) is 11.3 Å². The van der Waals surface area contributed by atoms with Crippen molar-refractivity contribution in [1.29, 1.82) is 0 Å². The summed E-state index contributed by atoms with van der Waals surface area (Å²) >= 11 is 7.50. The summed E-state index contributed by atoms with van der Waals surface area (Å²) in [4.78, 5) is 19.2. The molecule has 2 N–H and O–H groups in total. The van der Waals surface area contributed by atoms with Crippen molar-refractivity contribution in [1.82, 2.24) is 9.97 Å². The Labute approximate surface area is 112 Å². The number of hydrogen-bond donors (Lipinski definition) is 2. The molecule has 2 rings (SSSR count). The number of carboxylic acids is 1. The Hall–Kier alpha value is -1.66. The maximum absolute atomic E-state index is 10.9. The van der Waals surface area contributed by atoms with Crippen LogP contribution in [0.15, 0.2) is 17.6 Å². The Morgan fingerprint density at radius 3 is 3.00 bits per heavy atom. The summed E-state index contributed by atoms with van der Waals surface area (Å²) in [6.45, 7) is 2.38. The van der Waals surface area contributed by atoms with Gasteiger partial charge in [-0.1, -0.05) is 11.6 Å². The molecule has 0 atom stereocenters. The first-order valence-electron chi connectivity index (χ1n) is 5.10. The van der Waals surface area contributed by atoms with Gasteiger partial charge in [-0.3, -0.25) is 0 Å². The van der Waals surface area contributed by atoms with E-state index in [0.717, 1.165) is 10.7 Å². The Morgan fingerprint density at radius 1 is 1.61 bits per heavy atom. The molecule has 0 unspecified atom stereocenters.